The fourth-order valence-electron chi connectivity index (χ4n) is 1.99. The van der Waals surface area contributed by atoms with Gasteiger partial charge in [0, 0.05) is 26.2 Å². The molecule has 1 aliphatic rings. The zero-order valence-electron chi connectivity index (χ0n) is 10.3. The second-order valence-corrected chi connectivity index (χ2v) is 5.42. The average Bonchev–Trinajstić information content (AvgIpc) is 2.34. The van der Waals surface area contributed by atoms with Gasteiger partial charge >= 0.3 is 0 Å². The fraction of sp³-hybridized carbons (Fsp3) is 0.462. The third-order valence-corrected chi connectivity index (χ3v) is 3.93. The molecule has 1 heterocycles. The Morgan fingerprint density at radius 1 is 1.17 bits per heavy atom. The number of halogens is 2. The van der Waals surface area contributed by atoms with Crippen LogP contribution in [0.25, 0.3) is 0 Å². The maximum Gasteiger partial charge on any atom is 0.227 e. The third kappa shape index (κ3) is 3.37. The number of amides is 1. The monoisotopic (exact) mass is 286 g/mol. The van der Waals surface area contributed by atoms with E-state index in [0.29, 0.717) is 16.5 Å². The highest BCUT2D eigenvalue weighted by atomic mass is 35.5. The first-order chi connectivity index (χ1) is 8.56. The number of carbonyl (C=O) groups excluding carboxylic acids is 1. The smallest absolute Gasteiger partial charge is 0.227 e. The van der Waals surface area contributed by atoms with E-state index in [1.807, 2.05) is 11.0 Å². The molecule has 2 rings (SSSR count). The summed E-state index contributed by atoms with van der Waals surface area (Å²) in [6, 6.07) is 5.34. The fourth-order valence-corrected chi connectivity index (χ4v) is 2.31. The Bertz CT molecular complexity index is 443. The summed E-state index contributed by atoms with van der Waals surface area (Å²) in [7, 11) is 2.07. The molecular formula is C13H16Cl2N2O. The molecule has 1 aliphatic heterocycles. The van der Waals surface area contributed by atoms with Gasteiger partial charge in [0.05, 0.1) is 16.5 Å². The van der Waals surface area contributed by atoms with E-state index in [-0.39, 0.29) is 5.91 Å². The maximum absolute atomic E-state index is 12.1. The molecule has 18 heavy (non-hydrogen) atoms. The Morgan fingerprint density at radius 3 is 2.44 bits per heavy atom. The number of benzene rings is 1. The third-order valence-electron chi connectivity index (χ3n) is 3.20. The van der Waals surface area contributed by atoms with Crippen LogP contribution in [0.3, 0.4) is 0 Å². The molecule has 98 valence electrons. The molecule has 0 aliphatic carbocycles. The van der Waals surface area contributed by atoms with E-state index in [4.69, 9.17) is 23.2 Å². The molecule has 0 atom stereocenters. The SMILES string of the molecule is CN1CCN(C(=O)Cc2ccc(Cl)c(Cl)c2)CC1. The standard InChI is InChI=1S/C13H16Cl2N2O/c1-16-4-6-17(7-5-16)13(18)9-10-2-3-11(14)12(15)8-10/h2-3,8H,4-7,9H2,1H3. The van der Waals surface area contributed by atoms with E-state index in [1.54, 1.807) is 12.1 Å². The predicted octanol–water partition coefficient (Wildman–Crippen LogP) is 2.31. The Hall–Kier alpha value is -0.770. The molecule has 1 aromatic carbocycles. The minimum Gasteiger partial charge on any atom is -0.340 e. The minimum absolute atomic E-state index is 0.154. The van der Waals surface area contributed by atoms with Crippen molar-refractivity contribution in [3.63, 3.8) is 0 Å². The van der Waals surface area contributed by atoms with Gasteiger partial charge in [-0.3, -0.25) is 4.79 Å². The van der Waals surface area contributed by atoms with Gasteiger partial charge in [-0.1, -0.05) is 29.3 Å². The van der Waals surface area contributed by atoms with E-state index in [2.05, 4.69) is 11.9 Å². The molecule has 0 radical (unpaired) electrons. The van der Waals surface area contributed by atoms with Gasteiger partial charge in [0.15, 0.2) is 0 Å². The van der Waals surface area contributed by atoms with E-state index in [1.165, 1.54) is 0 Å². The highest BCUT2D eigenvalue weighted by Crippen LogP contribution is 2.23. The highest BCUT2D eigenvalue weighted by molar-refractivity contribution is 6.42. The van der Waals surface area contributed by atoms with Crippen LogP contribution in [0.5, 0.6) is 0 Å². The first-order valence-electron chi connectivity index (χ1n) is 5.96. The zero-order valence-corrected chi connectivity index (χ0v) is 11.8. The lowest BCUT2D eigenvalue weighted by Gasteiger charge is -2.32. The Balaban J connectivity index is 1.96. The second kappa shape index (κ2) is 5.91. The molecule has 1 fully saturated rings. The lowest BCUT2D eigenvalue weighted by molar-refractivity contribution is -0.132. The molecule has 0 spiro atoms. The van der Waals surface area contributed by atoms with Gasteiger partial charge < -0.3 is 9.80 Å². The summed E-state index contributed by atoms with van der Waals surface area (Å²) in [5.74, 6) is 0.154. The molecular weight excluding hydrogens is 271 g/mol. The normalized spacial score (nSPS) is 16.9. The summed E-state index contributed by atoms with van der Waals surface area (Å²) in [6.45, 7) is 3.48. The molecule has 1 amide bonds. The zero-order chi connectivity index (χ0) is 13.1. The number of hydrogen-bond donors (Lipinski definition) is 0. The predicted molar refractivity (Wildman–Crippen MR) is 74.2 cm³/mol. The molecule has 1 saturated heterocycles. The van der Waals surface area contributed by atoms with Crippen molar-refractivity contribution in [1.82, 2.24) is 9.80 Å². The largest absolute Gasteiger partial charge is 0.340 e. The van der Waals surface area contributed by atoms with Crippen LogP contribution in [0.1, 0.15) is 5.56 Å². The lowest BCUT2D eigenvalue weighted by atomic mass is 10.1. The van der Waals surface area contributed by atoms with Gasteiger partial charge in [-0.2, -0.15) is 0 Å². The number of rotatable bonds is 2. The summed E-state index contributed by atoms with van der Waals surface area (Å²) in [6.07, 6.45) is 0.389. The highest BCUT2D eigenvalue weighted by Gasteiger charge is 2.19. The van der Waals surface area contributed by atoms with Crippen molar-refractivity contribution in [2.75, 3.05) is 33.2 Å². The molecule has 3 nitrogen and oxygen atoms in total. The van der Waals surface area contributed by atoms with Crippen LogP contribution >= 0.6 is 23.2 Å². The van der Waals surface area contributed by atoms with Crippen LogP contribution in [0.15, 0.2) is 18.2 Å². The van der Waals surface area contributed by atoms with Crippen LogP contribution < -0.4 is 0 Å². The maximum atomic E-state index is 12.1. The second-order valence-electron chi connectivity index (χ2n) is 4.61. The first kappa shape index (κ1) is 13.7. The average molecular weight is 287 g/mol. The Morgan fingerprint density at radius 2 is 1.83 bits per heavy atom. The minimum atomic E-state index is 0.154. The summed E-state index contributed by atoms with van der Waals surface area (Å²) in [5.41, 5.74) is 0.910. The van der Waals surface area contributed by atoms with Gasteiger partial charge in [0.1, 0.15) is 0 Å². The van der Waals surface area contributed by atoms with Crippen LogP contribution in [0.2, 0.25) is 10.0 Å². The molecule has 0 bridgehead atoms. The van der Waals surface area contributed by atoms with E-state index < -0.39 is 0 Å². The van der Waals surface area contributed by atoms with Crippen molar-refractivity contribution >= 4 is 29.1 Å². The summed E-state index contributed by atoms with van der Waals surface area (Å²) in [5, 5.41) is 1.02. The first-order valence-corrected chi connectivity index (χ1v) is 6.72. The van der Waals surface area contributed by atoms with Crippen molar-refractivity contribution in [1.29, 1.82) is 0 Å². The summed E-state index contributed by atoms with van der Waals surface area (Å²) in [4.78, 5) is 16.2. The van der Waals surface area contributed by atoms with E-state index >= 15 is 0 Å². The van der Waals surface area contributed by atoms with Crippen LogP contribution in [0, 0.1) is 0 Å². The van der Waals surface area contributed by atoms with Gasteiger partial charge in [-0.05, 0) is 24.7 Å². The number of carbonyl (C=O) groups is 1. The molecule has 0 N–H and O–H groups in total. The molecule has 0 unspecified atom stereocenters. The molecule has 5 heteroatoms. The van der Waals surface area contributed by atoms with Crippen LogP contribution in [-0.2, 0) is 11.2 Å². The number of likely N-dealkylation sites (N-methyl/N-ethyl adjacent to an activating group) is 1. The number of piperazine rings is 1. The van der Waals surface area contributed by atoms with Crippen LogP contribution in [-0.4, -0.2) is 48.9 Å². The van der Waals surface area contributed by atoms with Crippen molar-refractivity contribution < 1.29 is 4.79 Å². The van der Waals surface area contributed by atoms with Gasteiger partial charge in [-0.25, -0.2) is 0 Å². The van der Waals surface area contributed by atoms with Gasteiger partial charge in [-0.15, -0.1) is 0 Å². The van der Waals surface area contributed by atoms with E-state index in [9.17, 15) is 4.79 Å². The molecule has 0 saturated carbocycles. The van der Waals surface area contributed by atoms with Crippen molar-refractivity contribution in [3.05, 3.63) is 33.8 Å². The van der Waals surface area contributed by atoms with E-state index in [0.717, 1.165) is 31.7 Å². The summed E-state index contributed by atoms with van der Waals surface area (Å²) >= 11 is 11.8. The number of hydrogen-bond acceptors (Lipinski definition) is 2. The Kier molecular flexibility index (Phi) is 4.49. The van der Waals surface area contributed by atoms with Crippen molar-refractivity contribution in [3.8, 4) is 0 Å². The molecule has 0 aromatic heterocycles. The Labute approximate surface area is 117 Å². The quantitative estimate of drug-likeness (QED) is 0.833. The topological polar surface area (TPSA) is 23.6 Å². The van der Waals surface area contributed by atoms with Gasteiger partial charge in [0.25, 0.3) is 0 Å². The van der Waals surface area contributed by atoms with Crippen molar-refractivity contribution in [2.24, 2.45) is 0 Å². The number of nitrogens with zero attached hydrogens (tertiary/aromatic N) is 2. The lowest BCUT2D eigenvalue weighted by Crippen LogP contribution is -2.47. The van der Waals surface area contributed by atoms with Crippen molar-refractivity contribution in [2.45, 2.75) is 6.42 Å². The molecule has 1 aromatic rings. The van der Waals surface area contributed by atoms with Gasteiger partial charge in [0.2, 0.25) is 5.91 Å². The summed E-state index contributed by atoms with van der Waals surface area (Å²) < 4.78 is 0. The van der Waals surface area contributed by atoms with Crippen LogP contribution in [0.4, 0.5) is 0 Å².